The summed E-state index contributed by atoms with van der Waals surface area (Å²) in [5.74, 6) is 0.306. The number of anilines is 1. The van der Waals surface area contributed by atoms with Gasteiger partial charge in [-0.15, -0.1) is 5.10 Å². The lowest BCUT2D eigenvalue weighted by Gasteiger charge is -2.07. The molecule has 6 heteroatoms. The molecule has 0 unspecified atom stereocenters. The molecule has 144 valence electrons. The first-order valence-electron chi connectivity index (χ1n) is 9.33. The predicted octanol–water partition coefficient (Wildman–Crippen LogP) is 5.40. The molecule has 0 fully saturated rings. The number of amides is 1. The summed E-state index contributed by atoms with van der Waals surface area (Å²) in [5.41, 5.74) is 3.41. The first kappa shape index (κ1) is 18.9. The van der Waals surface area contributed by atoms with Crippen molar-refractivity contribution in [2.24, 2.45) is 0 Å². The van der Waals surface area contributed by atoms with E-state index >= 15 is 0 Å². The van der Waals surface area contributed by atoms with Gasteiger partial charge < -0.3 is 5.32 Å². The molecule has 1 aromatic heterocycles. The van der Waals surface area contributed by atoms with E-state index in [4.69, 9.17) is 11.6 Å². The van der Waals surface area contributed by atoms with E-state index in [1.165, 1.54) is 0 Å². The Balaban J connectivity index is 1.76. The molecule has 0 radical (unpaired) electrons. The van der Waals surface area contributed by atoms with E-state index in [1.54, 1.807) is 16.8 Å². The molecule has 0 aliphatic carbocycles. The number of aryl methyl sites for hydroxylation is 1. The van der Waals surface area contributed by atoms with Gasteiger partial charge in [0, 0.05) is 16.3 Å². The first-order valence-corrected chi connectivity index (χ1v) is 9.71. The number of nitrogens with one attached hydrogen (secondary N) is 1. The number of rotatable bonds is 5. The Bertz CT molecular complexity index is 1150. The molecule has 3 aromatic carbocycles. The van der Waals surface area contributed by atoms with Gasteiger partial charge in [-0.25, -0.2) is 9.67 Å². The Morgan fingerprint density at radius 3 is 2.52 bits per heavy atom. The third kappa shape index (κ3) is 4.05. The minimum Gasteiger partial charge on any atom is -0.319 e. The van der Waals surface area contributed by atoms with Crippen molar-refractivity contribution in [3.8, 4) is 17.1 Å². The maximum Gasteiger partial charge on any atom is 0.295 e. The van der Waals surface area contributed by atoms with Crippen LogP contribution in [-0.4, -0.2) is 20.7 Å². The monoisotopic (exact) mass is 402 g/mol. The molecular weight excluding hydrogens is 384 g/mol. The minimum absolute atomic E-state index is 0.0923. The van der Waals surface area contributed by atoms with Crippen LogP contribution in [0.25, 0.3) is 17.1 Å². The summed E-state index contributed by atoms with van der Waals surface area (Å²) in [6, 6.07) is 24.6. The van der Waals surface area contributed by atoms with Gasteiger partial charge in [0.05, 0.1) is 5.69 Å². The second kappa shape index (κ2) is 8.29. The fourth-order valence-electron chi connectivity index (χ4n) is 3.10. The topological polar surface area (TPSA) is 59.8 Å². The van der Waals surface area contributed by atoms with Crippen molar-refractivity contribution in [3.05, 3.63) is 95.3 Å². The number of hydrogen-bond acceptors (Lipinski definition) is 3. The second-order valence-corrected chi connectivity index (χ2v) is 6.92. The highest BCUT2D eigenvalue weighted by Crippen LogP contribution is 2.23. The zero-order valence-electron chi connectivity index (χ0n) is 15.8. The van der Waals surface area contributed by atoms with Gasteiger partial charge in [0.1, 0.15) is 0 Å². The maximum atomic E-state index is 12.9. The molecule has 1 amide bonds. The summed E-state index contributed by atoms with van der Waals surface area (Å²) in [5, 5.41) is 8.00. The number of hydrogen-bond donors (Lipinski definition) is 1. The van der Waals surface area contributed by atoms with Crippen LogP contribution in [0.3, 0.4) is 0 Å². The summed E-state index contributed by atoms with van der Waals surface area (Å²) >= 11 is 6.16. The number of carbonyl (C=O) groups is 1. The van der Waals surface area contributed by atoms with Crippen molar-refractivity contribution in [2.75, 3.05) is 5.32 Å². The van der Waals surface area contributed by atoms with Crippen LogP contribution in [0.2, 0.25) is 5.02 Å². The zero-order valence-corrected chi connectivity index (χ0v) is 16.6. The third-order valence-electron chi connectivity index (χ3n) is 4.54. The first-order chi connectivity index (χ1) is 14.2. The fourth-order valence-corrected chi connectivity index (χ4v) is 3.28. The quantitative estimate of drug-likeness (QED) is 0.486. The summed E-state index contributed by atoms with van der Waals surface area (Å²) in [7, 11) is 0. The molecule has 0 spiro atoms. The van der Waals surface area contributed by atoms with Crippen LogP contribution in [0.1, 0.15) is 23.1 Å². The van der Waals surface area contributed by atoms with E-state index in [9.17, 15) is 4.79 Å². The lowest BCUT2D eigenvalue weighted by Crippen LogP contribution is -2.15. The lowest BCUT2D eigenvalue weighted by atomic mass is 10.1. The van der Waals surface area contributed by atoms with E-state index in [-0.39, 0.29) is 11.7 Å². The van der Waals surface area contributed by atoms with Crippen LogP contribution in [0, 0.1) is 0 Å². The van der Waals surface area contributed by atoms with Crippen molar-refractivity contribution >= 4 is 23.2 Å². The molecule has 0 bridgehead atoms. The van der Waals surface area contributed by atoms with Crippen LogP contribution >= 0.6 is 11.6 Å². The average molecular weight is 403 g/mol. The molecule has 0 aliphatic heterocycles. The van der Waals surface area contributed by atoms with Crippen LogP contribution in [0.5, 0.6) is 0 Å². The Labute approximate surface area is 174 Å². The zero-order chi connectivity index (χ0) is 20.2. The fraction of sp³-hybridized carbons (Fsp3) is 0.0870. The molecule has 0 aliphatic rings. The van der Waals surface area contributed by atoms with Crippen molar-refractivity contribution in [1.82, 2.24) is 14.8 Å². The number of benzene rings is 3. The molecule has 1 N–H and O–H groups in total. The van der Waals surface area contributed by atoms with Gasteiger partial charge in [0.2, 0.25) is 5.82 Å². The summed E-state index contributed by atoms with van der Waals surface area (Å²) in [6.07, 6.45) is 0.816. The van der Waals surface area contributed by atoms with E-state index in [0.29, 0.717) is 10.8 Å². The van der Waals surface area contributed by atoms with Crippen molar-refractivity contribution in [3.63, 3.8) is 0 Å². The molecule has 1 heterocycles. The van der Waals surface area contributed by atoms with Gasteiger partial charge in [0.15, 0.2) is 5.82 Å². The Morgan fingerprint density at radius 1 is 1.00 bits per heavy atom. The van der Waals surface area contributed by atoms with Crippen LogP contribution in [0.15, 0.2) is 78.9 Å². The normalized spacial score (nSPS) is 10.7. The largest absolute Gasteiger partial charge is 0.319 e. The molecular formula is C23H19ClN4O. The van der Waals surface area contributed by atoms with Gasteiger partial charge >= 0.3 is 0 Å². The average Bonchev–Trinajstić information content (AvgIpc) is 3.20. The van der Waals surface area contributed by atoms with Crippen LogP contribution in [-0.2, 0) is 6.42 Å². The van der Waals surface area contributed by atoms with Gasteiger partial charge in [-0.1, -0.05) is 73.1 Å². The molecule has 0 atom stereocenters. The van der Waals surface area contributed by atoms with E-state index in [2.05, 4.69) is 15.4 Å². The molecule has 29 heavy (non-hydrogen) atoms. The second-order valence-electron chi connectivity index (χ2n) is 6.48. The van der Waals surface area contributed by atoms with Gasteiger partial charge in [-0.3, -0.25) is 4.79 Å². The minimum atomic E-state index is -0.358. The number of halogens is 1. The van der Waals surface area contributed by atoms with Crippen molar-refractivity contribution in [1.29, 1.82) is 0 Å². The van der Waals surface area contributed by atoms with Crippen molar-refractivity contribution in [2.45, 2.75) is 13.3 Å². The number of para-hydroxylation sites is 1. The number of nitrogens with zero attached hydrogens (tertiary/aromatic N) is 3. The lowest BCUT2D eigenvalue weighted by molar-refractivity contribution is 0.101. The Hall–Kier alpha value is -3.44. The van der Waals surface area contributed by atoms with Crippen molar-refractivity contribution < 1.29 is 4.79 Å². The maximum absolute atomic E-state index is 12.9. The van der Waals surface area contributed by atoms with E-state index in [0.717, 1.165) is 28.9 Å². The number of aromatic nitrogens is 3. The standard InChI is InChI=1S/C23H19ClN4O/c1-2-16-9-6-7-14-20(16)25-23(29)21-26-22(17-10-4-3-5-11-17)28(27-21)19-13-8-12-18(24)15-19/h3-15H,2H2,1H3,(H,25,29). The Morgan fingerprint density at radius 2 is 1.76 bits per heavy atom. The Kier molecular flexibility index (Phi) is 5.40. The third-order valence-corrected chi connectivity index (χ3v) is 4.78. The van der Waals surface area contributed by atoms with E-state index < -0.39 is 0 Å². The SMILES string of the molecule is CCc1ccccc1NC(=O)c1nc(-c2ccccc2)n(-c2cccc(Cl)c2)n1. The van der Waals surface area contributed by atoms with Gasteiger partial charge in [0.25, 0.3) is 5.91 Å². The predicted molar refractivity (Wildman–Crippen MR) is 116 cm³/mol. The molecule has 4 rings (SSSR count). The van der Waals surface area contributed by atoms with Crippen LogP contribution in [0.4, 0.5) is 5.69 Å². The van der Waals surface area contributed by atoms with Crippen LogP contribution < -0.4 is 5.32 Å². The van der Waals surface area contributed by atoms with Gasteiger partial charge in [-0.05, 0) is 36.2 Å². The highest BCUT2D eigenvalue weighted by Gasteiger charge is 2.19. The van der Waals surface area contributed by atoms with Gasteiger partial charge in [-0.2, -0.15) is 0 Å². The number of carbonyl (C=O) groups excluding carboxylic acids is 1. The highest BCUT2D eigenvalue weighted by molar-refractivity contribution is 6.30. The molecule has 0 saturated heterocycles. The molecule has 5 nitrogen and oxygen atoms in total. The highest BCUT2D eigenvalue weighted by atomic mass is 35.5. The summed E-state index contributed by atoms with van der Waals surface area (Å²) < 4.78 is 1.64. The smallest absolute Gasteiger partial charge is 0.295 e. The summed E-state index contributed by atoms with van der Waals surface area (Å²) in [6.45, 7) is 2.05. The molecule has 4 aromatic rings. The summed E-state index contributed by atoms with van der Waals surface area (Å²) in [4.78, 5) is 17.4. The molecule has 0 saturated carbocycles. The van der Waals surface area contributed by atoms with E-state index in [1.807, 2.05) is 73.7 Å².